The molecule has 0 amide bonds. The first-order chi connectivity index (χ1) is 6.35. The molecule has 1 aromatic heterocycles. The molecule has 0 aliphatic carbocycles. The molecule has 0 radical (unpaired) electrons. The van der Waals surface area contributed by atoms with Crippen molar-refractivity contribution in [3.8, 4) is 5.75 Å². The minimum absolute atomic E-state index is 0.0856. The highest BCUT2D eigenvalue weighted by Gasteiger charge is 2.22. The Hall–Kier alpha value is -1.58. The number of fused-ring (bicyclic) bond motifs is 1. The average molecular weight is 178 g/mol. The number of hydrogen-bond acceptors (Lipinski definition) is 4. The van der Waals surface area contributed by atoms with Gasteiger partial charge in [-0.25, -0.2) is 4.98 Å². The molecule has 0 spiro atoms. The third-order valence-corrected chi connectivity index (χ3v) is 2.18. The highest BCUT2D eigenvalue weighted by molar-refractivity contribution is 5.71. The SMILES string of the molecule is COc1cnc2c(c1)C(C=O)CN2. The summed E-state index contributed by atoms with van der Waals surface area (Å²) in [6, 6.07) is 1.85. The zero-order valence-electron chi connectivity index (χ0n) is 7.28. The van der Waals surface area contributed by atoms with Crippen LogP contribution in [0.3, 0.4) is 0 Å². The number of carbonyl (C=O) groups excluding carboxylic acids is 1. The molecule has 1 aromatic rings. The molecule has 1 N–H and O–H groups in total. The van der Waals surface area contributed by atoms with Crippen molar-refractivity contribution in [2.24, 2.45) is 0 Å². The van der Waals surface area contributed by atoms with Gasteiger partial charge in [0.25, 0.3) is 0 Å². The van der Waals surface area contributed by atoms with E-state index >= 15 is 0 Å². The van der Waals surface area contributed by atoms with Gasteiger partial charge in [-0.05, 0) is 6.07 Å². The third-order valence-electron chi connectivity index (χ3n) is 2.18. The molecule has 0 saturated carbocycles. The van der Waals surface area contributed by atoms with Crippen molar-refractivity contribution in [3.05, 3.63) is 17.8 Å². The molecule has 68 valence electrons. The molecule has 2 heterocycles. The monoisotopic (exact) mass is 178 g/mol. The lowest BCUT2D eigenvalue weighted by Crippen LogP contribution is -2.02. The van der Waals surface area contributed by atoms with Crippen LogP contribution in [-0.4, -0.2) is 24.9 Å². The molecular formula is C9H10N2O2. The van der Waals surface area contributed by atoms with Gasteiger partial charge in [-0.15, -0.1) is 0 Å². The van der Waals surface area contributed by atoms with Crippen LogP contribution in [0.4, 0.5) is 5.82 Å². The number of pyridine rings is 1. The predicted molar refractivity (Wildman–Crippen MR) is 48.1 cm³/mol. The molecule has 2 rings (SSSR count). The van der Waals surface area contributed by atoms with Crippen molar-refractivity contribution in [2.45, 2.75) is 5.92 Å². The minimum atomic E-state index is -0.0856. The van der Waals surface area contributed by atoms with Crippen LogP contribution < -0.4 is 10.1 Å². The standard InChI is InChI=1S/C9H10N2O2/c1-13-7-2-8-6(5-12)3-10-9(8)11-4-7/h2,4-6H,3H2,1H3,(H,10,11). The number of methoxy groups -OCH3 is 1. The van der Waals surface area contributed by atoms with Crippen molar-refractivity contribution in [1.82, 2.24) is 4.98 Å². The second-order valence-electron chi connectivity index (χ2n) is 2.94. The number of anilines is 1. The molecular weight excluding hydrogens is 168 g/mol. The van der Waals surface area contributed by atoms with Gasteiger partial charge in [-0.1, -0.05) is 0 Å². The van der Waals surface area contributed by atoms with Crippen molar-refractivity contribution >= 4 is 12.1 Å². The maximum Gasteiger partial charge on any atom is 0.137 e. The number of carbonyl (C=O) groups is 1. The zero-order valence-corrected chi connectivity index (χ0v) is 7.28. The van der Waals surface area contributed by atoms with Crippen LogP contribution in [0.1, 0.15) is 11.5 Å². The Morgan fingerprint density at radius 3 is 3.31 bits per heavy atom. The van der Waals surface area contributed by atoms with E-state index in [0.717, 1.165) is 17.7 Å². The molecule has 1 aliphatic heterocycles. The average Bonchev–Trinajstić information content (AvgIpc) is 2.59. The summed E-state index contributed by atoms with van der Waals surface area (Å²) in [4.78, 5) is 14.8. The highest BCUT2D eigenvalue weighted by atomic mass is 16.5. The lowest BCUT2D eigenvalue weighted by Gasteiger charge is -2.03. The molecule has 1 atom stereocenters. The summed E-state index contributed by atoms with van der Waals surface area (Å²) >= 11 is 0. The van der Waals surface area contributed by atoms with Crippen LogP contribution in [0.2, 0.25) is 0 Å². The van der Waals surface area contributed by atoms with Crippen molar-refractivity contribution in [3.63, 3.8) is 0 Å². The van der Waals surface area contributed by atoms with Gasteiger partial charge in [0, 0.05) is 12.1 Å². The van der Waals surface area contributed by atoms with E-state index in [0.29, 0.717) is 12.3 Å². The topological polar surface area (TPSA) is 51.2 Å². The maximum absolute atomic E-state index is 10.7. The van der Waals surface area contributed by atoms with Gasteiger partial charge < -0.3 is 14.8 Å². The Morgan fingerprint density at radius 2 is 2.62 bits per heavy atom. The number of aldehydes is 1. The third kappa shape index (κ3) is 1.24. The minimum Gasteiger partial charge on any atom is -0.495 e. The Balaban J connectivity index is 2.42. The number of nitrogens with one attached hydrogen (secondary N) is 1. The number of aromatic nitrogens is 1. The Bertz CT molecular complexity index is 338. The second kappa shape index (κ2) is 3.05. The molecule has 4 nitrogen and oxygen atoms in total. The lowest BCUT2D eigenvalue weighted by molar-refractivity contribution is -0.108. The van der Waals surface area contributed by atoms with Crippen molar-refractivity contribution in [1.29, 1.82) is 0 Å². The summed E-state index contributed by atoms with van der Waals surface area (Å²) in [5.74, 6) is 1.39. The van der Waals surface area contributed by atoms with E-state index in [1.165, 1.54) is 0 Å². The Morgan fingerprint density at radius 1 is 1.77 bits per heavy atom. The van der Waals surface area contributed by atoms with Gasteiger partial charge in [-0.3, -0.25) is 0 Å². The quantitative estimate of drug-likeness (QED) is 0.680. The normalized spacial score (nSPS) is 19.0. The van der Waals surface area contributed by atoms with Gasteiger partial charge in [0.15, 0.2) is 0 Å². The molecule has 1 aliphatic rings. The summed E-state index contributed by atoms with van der Waals surface area (Å²) < 4.78 is 5.03. The molecule has 1 unspecified atom stereocenters. The van der Waals surface area contributed by atoms with Crippen molar-refractivity contribution in [2.75, 3.05) is 19.0 Å². The van der Waals surface area contributed by atoms with Gasteiger partial charge >= 0.3 is 0 Å². The first kappa shape index (κ1) is 8.04. The molecule has 0 fully saturated rings. The lowest BCUT2D eigenvalue weighted by atomic mass is 10.1. The fourth-order valence-electron chi connectivity index (χ4n) is 1.44. The zero-order chi connectivity index (χ0) is 9.26. The highest BCUT2D eigenvalue weighted by Crippen LogP contribution is 2.30. The van der Waals surface area contributed by atoms with Crippen LogP contribution in [0.5, 0.6) is 5.75 Å². The van der Waals surface area contributed by atoms with Crippen LogP contribution in [0, 0.1) is 0 Å². The fraction of sp³-hybridized carbons (Fsp3) is 0.333. The smallest absolute Gasteiger partial charge is 0.137 e. The van der Waals surface area contributed by atoms with Crippen LogP contribution in [0.25, 0.3) is 0 Å². The summed E-state index contributed by atoms with van der Waals surface area (Å²) in [5.41, 5.74) is 0.925. The van der Waals surface area contributed by atoms with E-state index in [-0.39, 0.29) is 5.92 Å². The largest absolute Gasteiger partial charge is 0.495 e. The molecule has 13 heavy (non-hydrogen) atoms. The van der Waals surface area contributed by atoms with E-state index < -0.39 is 0 Å². The number of hydrogen-bond donors (Lipinski definition) is 1. The number of ether oxygens (including phenoxy) is 1. The molecule has 4 heteroatoms. The fourth-order valence-corrected chi connectivity index (χ4v) is 1.44. The first-order valence-corrected chi connectivity index (χ1v) is 4.08. The summed E-state index contributed by atoms with van der Waals surface area (Å²) in [5, 5.41) is 3.05. The number of rotatable bonds is 2. The Kier molecular flexibility index (Phi) is 1.88. The van der Waals surface area contributed by atoms with E-state index in [4.69, 9.17) is 4.74 Å². The van der Waals surface area contributed by atoms with Crippen LogP contribution in [0.15, 0.2) is 12.3 Å². The van der Waals surface area contributed by atoms with Gasteiger partial charge in [0.1, 0.15) is 17.9 Å². The van der Waals surface area contributed by atoms with Gasteiger partial charge in [0.2, 0.25) is 0 Å². The van der Waals surface area contributed by atoms with Gasteiger partial charge in [0.05, 0.1) is 19.2 Å². The molecule has 0 aromatic carbocycles. The van der Waals surface area contributed by atoms with E-state index in [9.17, 15) is 4.79 Å². The summed E-state index contributed by atoms with van der Waals surface area (Å²) in [6.45, 7) is 0.638. The van der Waals surface area contributed by atoms with Crippen molar-refractivity contribution < 1.29 is 9.53 Å². The first-order valence-electron chi connectivity index (χ1n) is 4.08. The van der Waals surface area contributed by atoms with Crippen LogP contribution in [-0.2, 0) is 4.79 Å². The molecule has 0 bridgehead atoms. The molecule has 0 saturated heterocycles. The summed E-state index contributed by atoms with van der Waals surface area (Å²) in [7, 11) is 1.59. The van der Waals surface area contributed by atoms with Crippen LogP contribution >= 0.6 is 0 Å². The van der Waals surface area contributed by atoms with E-state index in [2.05, 4.69) is 10.3 Å². The predicted octanol–water partition coefficient (Wildman–Crippen LogP) is 0.798. The van der Waals surface area contributed by atoms with E-state index in [1.54, 1.807) is 13.3 Å². The Labute approximate surface area is 75.9 Å². The van der Waals surface area contributed by atoms with Gasteiger partial charge in [-0.2, -0.15) is 0 Å². The number of nitrogens with zero attached hydrogens (tertiary/aromatic N) is 1. The summed E-state index contributed by atoms with van der Waals surface area (Å²) in [6.07, 6.45) is 2.57. The second-order valence-corrected chi connectivity index (χ2v) is 2.94. The van der Waals surface area contributed by atoms with E-state index in [1.807, 2.05) is 6.07 Å². The maximum atomic E-state index is 10.7.